The number of aliphatic hydroxyl groups excluding tert-OH is 1. The lowest BCUT2D eigenvalue weighted by molar-refractivity contribution is -0.384. The quantitative estimate of drug-likeness (QED) is 0.364. The van der Waals surface area contributed by atoms with E-state index < -0.39 is 12.5 Å². The summed E-state index contributed by atoms with van der Waals surface area (Å²) < 4.78 is 29.7. The molecule has 0 amide bonds. The van der Waals surface area contributed by atoms with E-state index in [4.69, 9.17) is 13.5 Å². The summed E-state index contributed by atoms with van der Waals surface area (Å²) in [6.45, 7) is 3.69. The molecule has 0 saturated carbocycles. The van der Waals surface area contributed by atoms with E-state index >= 15 is 0 Å². The van der Waals surface area contributed by atoms with Crippen molar-refractivity contribution in [2.75, 3.05) is 38.3 Å². The summed E-state index contributed by atoms with van der Waals surface area (Å²) in [7, 11) is -2.11. The standard InChI is InChI=1S/C16H22N3O7P/c1-4-24-27(23,25-5-2)15-16(18(3)10-11-20)26-14(17-15)12-6-8-13(9-7-12)19(21)22/h6-9,20H,4-5,10-11H2,1-3H3. The number of nitro benzene ring substituents is 1. The van der Waals surface area contributed by atoms with Crippen LogP contribution in [0.4, 0.5) is 11.6 Å². The fraction of sp³-hybridized carbons (Fsp3) is 0.438. The molecule has 10 nitrogen and oxygen atoms in total. The number of benzene rings is 1. The maximum atomic E-state index is 13.2. The number of anilines is 1. The molecule has 2 aromatic rings. The fourth-order valence-electron chi connectivity index (χ4n) is 2.33. The summed E-state index contributed by atoms with van der Waals surface area (Å²) in [5, 5.41) is 20.0. The molecule has 0 unspecified atom stereocenters. The molecule has 0 spiro atoms. The third-order valence-electron chi connectivity index (χ3n) is 3.56. The Morgan fingerprint density at radius 2 is 1.85 bits per heavy atom. The number of hydrogen-bond donors (Lipinski definition) is 1. The SMILES string of the molecule is CCOP(=O)(OCC)c1nc(-c2ccc([N+](=O)[O-])cc2)oc1N(C)CCO. The average molecular weight is 399 g/mol. The minimum Gasteiger partial charge on any atom is -0.419 e. The van der Waals surface area contributed by atoms with Crippen LogP contribution in [0.5, 0.6) is 0 Å². The smallest absolute Gasteiger partial charge is 0.385 e. The van der Waals surface area contributed by atoms with Crippen LogP contribution in [0, 0.1) is 10.1 Å². The van der Waals surface area contributed by atoms with Crippen LogP contribution in [0.2, 0.25) is 0 Å². The molecule has 1 heterocycles. The topological polar surface area (TPSA) is 128 Å². The highest BCUT2D eigenvalue weighted by molar-refractivity contribution is 7.62. The van der Waals surface area contributed by atoms with Gasteiger partial charge in [-0.1, -0.05) is 0 Å². The normalized spacial score (nSPS) is 11.6. The van der Waals surface area contributed by atoms with E-state index in [0.29, 0.717) is 5.56 Å². The second-order valence-corrected chi connectivity index (χ2v) is 7.36. The number of oxazole rings is 1. The van der Waals surface area contributed by atoms with Crippen LogP contribution in [0.1, 0.15) is 13.8 Å². The molecule has 0 radical (unpaired) electrons. The third kappa shape index (κ3) is 4.72. The molecule has 148 valence electrons. The minimum atomic E-state index is -3.75. The monoisotopic (exact) mass is 399 g/mol. The highest BCUT2D eigenvalue weighted by atomic mass is 31.2. The second kappa shape index (κ2) is 9.09. The fourth-order valence-corrected chi connectivity index (χ4v) is 3.99. The predicted molar refractivity (Wildman–Crippen MR) is 99.4 cm³/mol. The predicted octanol–water partition coefficient (Wildman–Crippen LogP) is 2.57. The van der Waals surface area contributed by atoms with E-state index in [1.54, 1.807) is 25.8 Å². The van der Waals surface area contributed by atoms with E-state index in [0.717, 1.165) is 0 Å². The summed E-state index contributed by atoms with van der Waals surface area (Å²) in [5.41, 5.74) is 0.387. The number of hydrogen-bond acceptors (Lipinski definition) is 9. The zero-order chi connectivity index (χ0) is 20.0. The van der Waals surface area contributed by atoms with Crippen molar-refractivity contribution in [3.8, 4) is 11.5 Å². The lowest BCUT2D eigenvalue weighted by Gasteiger charge is -2.19. The summed E-state index contributed by atoms with van der Waals surface area (Å²) >= 11 is 0. The van der Waals surface area contributed by atoms with E-state index in [9.17, 15) is 19.8 Å². The molecular formula is C16H22N3O7P. The van der Waals surface area contributed by atoms with Crippen molar-refractivity contribution < 1.29 is 28.1 Å². The first kappa shape index (κ1) is 21.0. The van der Waals surface area contributed by atoms with Gasteiger partial charge in [-0.05, 0) is 26.0 Å². The van der Waals surface area contributed by atoms with Crippen molar-refractivity contribution in [3.63, 3.8) is 0 Å². The molecule has 1 aromatic carbocycles. The molecule has 0 aliphatic carbocycles. The first-order chi connectivity index (χ1) is 12.9. The van der Waals surface area contributed by atoms with Crippen LogP contribution >= 0.6 is 7.60 Å². The van der Waals surface area contributed by atoms with E-state index in [1.165, 1.54) is 24.3 Å². The number of nitro groups is 1. The Balaban J connectivity index is 2.54. The van der Waals surface area contributed by atoms with Crippen molar-refractivity contribution >= 4 is 24.6 Å². The van der Waals surface area contributed by atoms with Crippen LogP contribution in [-0.2, 0) is 13.6 Å². The Hall–Kier alpha value is -2.26. The van der Waals surface area contributed by atoms with E-state index in [-0.39, 0.29) is 49.3 Å². The van der Waals surface area contributed by atoms with Crippen molar-refractivity contribution in [2.24, 2.45) is 0 Å². The summed E-state index contributed by atoms with van der Waals surface area (Å²) in [5.74, 6) is 0.252. The second-order valence-electron chi connectivity index (χ2n) is 5.43. The number of likely N-dealkylation sites (N-methyl/N-ethyl adjacent to an activating group) is 1. The number of non-ortho nitro benzene ring substituents is 1. The molecule has 11 heteroatoms. The molecule has 0 aliphatic rings. The molecule has 1 N–H and O–H groups in total. The summed E-state index contributed by atoms with van der Waals surface area (Å²) in [6, 6.07) is 5.60. The molecule has 27 heavy (non-hydrogen) atoms. The number of nitrogens with zero attached hydrogens (tertiary/aromatic N) is 3. The van der Waals surface area contributed by atoms with Gasteiger partial charge in [0.15, 0.2) is 0 Å². The van der Waals surface area contributed by atoms with Crippen molar-refractivity contribution in [1.29, 1.82) is 0 Å². The maximum absolute atomic E-state index is 13.2. The third-order valence-corrected chi connectivity index (χ3v) is 5.56. The summed E-state index contributed by atoms with van der Waals surface area (Å²) in [6.07, 6.45) is 0. The molecule has 0 bridgehead atoms. The van der Waals surface area contributed by atoms with Gasteiger partial charge >= 0.3 is 7.60 Å². The van der Waals surface area contributed by atoms with Crippen molar-refractivity contribution in [2.45, 2.75) is 13.8 Å². The molecule has 2 rings (SSSR count). The van der Waals surface area contributed by atoms with Crippen LogP contribution in [-0.4, -0.2) is 48.4 Å². The van der Waals surface area contributed by atoms with Gasteiger partial charge in [0.25, 0.3) is 5.69 Å². The van der Waals surface area contributed by atoms with E-state index in [1.807, 2.05) is 0 Å². The Morgan fingerprint density at radius 1 is 1.26 bits per heavy atom. The van der Waals surface area contributed by atoms with Gasteiger partial charge in [0, 0.05) is 31.3 Å². The van der Waals surface area contributed by atoms with Crippen LogP contribution in [0.15, 0.2) is 28.7 Å². The molecule has 0 aliphatic heterocycles. The van der Waals surface area contributed by atoms with E-state index in [2.05, 4.69) is 4.98 Å². The van der Waals surface area contributed by atoms with Gasteiger partial charge in [0.2, 0.25) is 17.2 Å². The van der Waals surface area contributed by atoms with Crippen LogP contribution in [0.3, 0.4) is 0 Å². The zero-order valence-electron chi connectivity index (χ0n) is 15.3. The zero-order valence-corrected chi connectivity index (χ0v) is 16.2. The van der Waals surface area contributed by atoms with Gasteiger partial charge in [0.1, 0.15) is 0 Å². The summed E-state index contributed by atoms with van der Waals surface area (Å²) in [4.78, 5) is 16.1. The lowest BCUT2D eigenvalue weighted by atomic mass is 10.2. The molecular weight excluding hydrogens is 377 g/mol. The lowest BCUT2D eigenvalue weighted by Crippen LogP contribution is -2.27. The van der Waals surface area contributed by atoms with Crippen LogP contribution < -0.4 is 10.3 Å². The Morgan fingerprint density at radius 3 is 2.33 bits per heavy atom. The number of aliphatic hydroxyl groups is 1. The highest BCUT2D eigenvalue weighted by Crippen LogP contribution is 2.49. The average Bonchev–Trinajstić information content (AvgIpc) is 3.09. The molecule has 0 saturated heterocycles. The highest BCUT2D eigenvalue weighted by Gasteiger charge is 2.37. The molecule has 0 atom stereocenters. The van der Waals surface area contributed by atoms with Gasteiger partial charge in [-0.3, -0.25) is 14.7 Å². The number of rotatable bonds is 10. The molecule has 1 aromatic heterocycles. The van der Waals surface area contributed by atoms with Crippen molar-refractivity contribution in [3.05, 3.63) is 34.4 Å². The van der Waals surface area contributed by atoms with Crippen LogP contribution in [0.25, 0.3) is 11.5 Å². The maximum Gasteiger partial charge on any atom is 0.385 e. The Kier molecular flexibility index (Phi) is 7.09. The Bertz CT molecular complexity index is 812. The largest absolute Gasteiger partial charge is 0.419 e. The van der Waals surface area contributed by atoms with Gasteiger partial charge in [-0.25, -0.2) is 0 Å². The Labute approximate surface area is 156 Å². The number of aromatic nitrogens is 1. The van der Waals surface area contributed by atoms with Gasteiger partial charge < -0.3 is 23.5 Å². The van der Waals surface area contributed by atoms with Gasteiger partial charge in [-0.2, -0.15) is 4.98 Å². The minimum absolute atomic E-state index is 0.00416. The van der Waals surface area contributed by atoms with Crippen molar-refractivity contribution in [1.82, 2.24) is 4.98 Å². The first-order valence-corrected chi connectivity index (χ1v) is 9.87. The van der Waals surface area contributed by atoms with Gasteiger partial charge in [0.05, 0.1) is 24.7 Å². The van der Waals surface area contributed by atoms with Gasteiger partial charge in [-0.15, -0.1) is 0 Å². The first-order valence-electron chi connectivity index (χ1n) is 8.33. The molecule has 0 fully saturated rings.